The third-order valence-corrected chi connectivity index (χ3v) is 14.7. The number of esters is 1. The van der Waals surface area contributed by atoms with Gasteiger partial charge in [0, 0.05) is 18.9 Å². The third kappa shape index (κ3) is 9.39. The maximum absolute atomic E-state index is 14.9. The van der Waals surface area contributed by atoms with Crippen molar-refractivity contribution < 1.29 is 55.0 Å². The molecule has 2 saturated carbocycles. The second-order valence-corrected chi connectivity index (χ2v) is 20.0. The number of nitrogens with zero attached hydrogens (tertiary/aromatic N) is 3. The fourth-order valence-corrected chi connectivity index (χ4v) is 9.61. The lowest BCUT2D eigenvalue weighted by Gasteiger charge is -2.33. The van der Waals surface area contributed by atoms with E-state index in [2.05, 4.69) is 14.7 Å². The van der Waals surface area contributed by atoms with Crippen LogP contribution in [-0.2, 0) is 33.9 Å². The van der Waals surface area contributed by atoms with Gasteiger partial charge in [-0.05, 0) is 103 Å². The number of hydrogen-bond donors (Lipinski definition) is 1. The Morgan fingerprint density at radius 3 is 2.44 bits per heavy atom. The number of aryl methyl sites for hydroxylation is 1. The predicted octanol–water partition coefficient (Wildman–Crippen LogP) is 6.55. The van der Waals surface area contributed by atoms with Crippen LogP contribution in [0.15, 0.2) is 30.4 Å². The van der Waals surface area contributed by atoms with Crippen molar-refractivity contribution in [3.8, 4) is 11.6 Å². The smallest absolute Gasteiger partial charge is 0.427 e. The molecule has 324 valence electrons. The van der Waals surface area contributed by atoms with Gasteiger partial charge in [0.1, 0.15) is 17.5 Å². The fourth-order valence-electron chi connectivity index (χ4n) is 8.28. The van der Waals surface area contributed by atoms with Gasteiger partial charge in [-0.25, -0.2) is 18.4 Å². The molecule has 0 unspecified atom stereocenters. The molecule has 1 aromatic carbocycles. The van der Waals surface area contributed by atoms with E-state index in [0.29, 0.717) is 61.2 Å². The average molecular weight is 849 g/mol. The highest BCUT2D eigenvalue weighted by atomic mass is 32.2. The number of halogens is 3. The number of carbonyl (C=O) groups excluding carboxylic acids is 4. The van der Waals surface area contributed by atoms with Crippen LogP contribution < -0.4 is 14.2 Å². The number of carbonyl (C=O) groups is 4. The first-order valence-electron chi connectivity index (χ1n) is 20.4. The van der Waals surface area contributed by atoms with Crippen LogP contribution in [0.25, 0.3) is 11.0 Å². The minimum Gasteiger partial charge on any atom is -0.494 e. The van der Waals surface area contributed by atoms with Crippen molar-refractivity contribution in [2.45, 2.75) is 135 Å². The Morgan fingerprint density at radius 2 is 1.78 bits per heavy atom. The highest BCUT2D eigenvalue weighted by Crippen LogP contribution is 2.58. The molecule has 0 spiro atoms. The van der Waals surface area contributed by atoms with Crippen molar-refractivity contribution in [3.05, 3.63) is 36.0 Å². The zero-order valence-electron chi connectivity index (χ0n) is 34.7. The summed E-state index contributed by atoms with van der Waals surface area (Å²) in [5.74, 6) is -4.51. The second-order valence-electron chi connectivity index (χ2n) is 17.8. The molecular weight excluding hydrogens is 794 g/mol. The number of alkyl halides is 3. The summed E-state index contributed by atoms with van der Waals surface area (Å²) in [4.78, 5) is 67.4. The molecule has 2 aliphatic heterocycles. The molecule has 7 atom stereocenters. The molecule has 1 saturated heterocycles. The molecule has 1 aromatic heterocycles. The van der Waals surface area contributed by atoms with E-state index < -0.39 is 91.8 Å². The van der Waals surface area contributed by atoms with E-state index in [-0.39, 0.29) is 37.6 Å². The van der Waals surface area contributed by atoms with Gasteiger partial charge in [0.15, 0.2) is 5.78 Å². The van der Waals surface area contributed by atoms with Crippen molar-refractivity contribution in [1.82, 2.24) is 19.6 Å². The first kappa shape index (κ1) is 44.3. The quantitative estimate of drug-likeness (QED) is 0.203. The molecule has 4 aliphatic rings. The van der Waals surface area contributed by atoms with Crippen LogP contribution in [0, 0.1) is 36.0 Å². The average Bonchev–Trinajstić information content (AvgIpc) is 4.02. The first-order chi connectivity index (χ1) is 27.5. The molecule has 13 nitrogen and oxygen atoms in total. The third-order valence-electron chi connectivity index (χ3n) is 12.6. The summed E-state index contributed by atoms with van der Waals surface area (Å²) in [6, 6.07) is 4.06. The van der Waals surface area contributed by atoms with Crippen LogP contribution in [0.1, 0.15) is 105 Å². The number of hydrogen-bond acceptors (Lipinski definition) is 11. The number of nitrogens with one attached hydrogen (secondary N) is 1. The van der Waals surface area contributed by atoms with E-state index in [1.54, 1.807) is 39.0 Å². The Morgan fingerprint density at radius 1 is 1.07 bits per heavy atom. The Hall–Kier alpha value is -4.28. The van der Waals surface area contributed by atoms with Gasteiger partial charge < -0.3 is 19.1 Å². The lowest BCUT2D eigenvalue weighted by atomic mass is 9.82. The Balaban J connectivity index is 1.35. The topological polar surface area (TPSA) is 171 Å². The van der Waals surface area contributed by atoms with Gasteiger partial charge in [0.2, 0.25) is 33.3 Å². The minimum absolute atomic E-state index is 0.0131. The van der Waals surface area contributed by atoms with E-state index in [4.69, 9.17) is 14.2 Å². The van der Waals surface area contributed by atoms with Gasteiger partial charge >= 0.3 is 12.1 Å². The minimum atomic E-state index is -4.87. The van der Waals surface area contributed by atoms with E-state index in [1.165, 1.54) is 4.90 Å². The monoisotopic (exact) mass is 848 g/mol. The summed E-state index contributed by atoms with van der Waals surface area (Å²) in [6.07, 6.45) is -0.303. The maximum Gasteiger partial charge on any atom is 0.427 e. The Kier molecular flexibility index (Phi) is 12.2. The standard InChI is InChI=1S/C42H55F3N4O9S/c1-8-56-28-13-14-31-32(18-28)47-36(26(4)46-31)57-29-19-33-34(50)22-41(38(53)48-59(54,55)40(7)15-16-40)21-27(41)12-10-9-11-24(2)17-25(3)30(37(52)49(33)23-29)20-35(51)58-39(5,6)42(43,44)45/h10,12-14,18,24-25,27,29-30,33H,8-9,11,15-17,19-23H2,1-7H3,(H,48,53)/b12-10-/t24-,25-,27-,29-,30+,33+,41-/m1/s1. The molecule has 3 heterocycles. The highest BCUT2D eigenvalue weighted by molar-refractivity contribution is 7.91. The van der Waals surface area contributed by atoms with Crippen LogP contribution in [0.5, 0.6) is 11.6 Å². The molecule has 2 amide bonds. The van der Waals surface area contributed by atoms with Crippen molar-refractivity contribution >= 4 is 44.6 Å². The van der Waals surface area contributed by atoms with E-state index >= 15 is 0 Å². The maximum atomic E-state index is 14.9. The summed E-state index contributed by atoms with van der Waals surface area (Å²) in [5, 5.41) is 0. The number of ether oxygens (including phenoxy) is 3. The van der Waals surface area contributed by atoms with Crippen molar-refractivity contribution in [1.29, 1.82) is 0 Å². The summed E-state index contributed by atoms with van der Waals surface area (Å²) < 4.78 is 85.9. The largest absolute Gasteiger partial charge is 0.494 e. The van der Waals surface area contributed by atoms with Gasteiger partial charge in [0.05, 0.1) is 52.7 Å². The number of sulfonamides is 1. The molecule has 17 heteroatoms. The van der Waals surface area contributed by atoms with Gasteiger partial charge in [-0.3, -0.25) is 23.9 Å². The number of allylic oxidation sites excluding steroid dienone is 2. The Labute approximate surface area is 343 Å². The van der Waals surface area contributed by atoms with Gasteiger partial charge in [-0.1, -0.05) is 26.0 Å². The van der Waals surface area contributed by atoms with E-state index in [1.807, 2.05) is 26.0 Å². The molecule has 3 fully saturated rings. The van der Waals surface area contributed by atoms with Crippen LogP contribution >= 0.6 is 0 Å². The summed E-state index contributed by atoms with van der Waals surface area (Å²) in [6.45, 7) is 10.6. The summed E-state index contributed by atoms with van der Waals surface area (Å²) in [7, 11) is -4.03. The number of rotatable bonds is 10. The first-order valence-corrected chi connectivity index (χ1v) is 21.9. The van der Waals surface area contributed by atoms with Gasteiger partial charge in [0.25, 0.3) is 0 Å². The lowest BCUT2D eigenvalue weighted by molar-refractivity contribution is -0.257. The molecular formula is C42H55F3N4O9S. The van der Waals surface area contributed by atoms with Crippen LogP contribution in [0.4, 0.5) is 13.2 Å². The Bertz CT molecular complexity index is 2120. The summed E-state index contributed by atoms with van der Waals surface area (Å²) in [5.41, 5.74) is -2.69. The predicted molar refractivity (Wildman–Crippen MR) is 210 cm³/mol. The molecule has 2 aromatic rings. The van der Waals surface area contributed by atoms with Crippen molar-refractivity contribution in [2.75, 3.05) is 13.2 Å². The van der Waals surface area contributed by atoms with Crippen molar-refractivity contribution in [3.63, 3.8) is 0 Å². The zero-order valence-corrected chi connectivity index (χ0v) is 35.5. The number of fused-ring (bicyclic) bond motifs is 3. The number of Topliss-reactive ketones (excluding diaryl/α,β-unsaturated/α-hetero) is 1. The SMILES string of the molecule is CCOc1ccc2nc(C)c(O[C@@H]3C[C@H]4C(=O)C[C@]5(C(=O)NS(=O)(=O)C6(C)CC6)C[C@H]5/C=C\CC[C@@H](C)C[C@@H](C)[C@H](CC(=O)OC(C)(C)C(F)(F)F)C(=O)N4C3)nc2c1. The molecule has 59 heavy (non-hydrogen) atoms. The number of amides is 2. The number of ketones is 1. The molecule has 0 bridgehead atoms. The van der Waals surface area contributed by atoms with Gasteiger partial charge in [-0.15, -0.1) is 0 Å². The van der Waals surface area contributed by atoms with Crippen LogP contribution in [0.2, 0.25) is 0 Å². The number of aromatic nitrogens is 2. The fraction of sp³-hybridized carbons (Fsp3) is 0.667. The lowest BCUT2D eigenvalue weighted by Crippen LogP contribution is -2.48. The van der Waals surface area contributed by atoms with E-state index in [9.17, 15) is 40.8 Å². The van der Waals surface area contributed by atoms with Crippen LogP contribution in [-0.4, -0.2) is 88.7 Å². The van der Waals surface area contributed by atoms with Crippen molar-refractivity contribution in [2.24, 2.45) is 29.1 Å². The van der Waals surface area contributed by atoms with Gasteiger partial charge in [-0.2, -0.15) is 13.2 Å². The normalized spacial score (nSPS) is 29.4. The molecule has 6 rings (SSSR count). The molecule has 0 radical (unpaired) electrons. The summed E-state index contributed by atoms with van der Waals surface area (Å²) >= 11 is 0. The zero-order chi connectivity index (χ0) is 43.3. The van der Waals surface area contributed by atoms with Crippen LogP contribution in [0.3, 0.4) is 0 Å². The van der Waals surface area contributed by atoms with E-state index in [0.717, 1.165) is 13.8 Å². The number of benzene rings is 1. The molecule has 2 aliphatic carbocycles. The highest BCUT2D eigenvalue weighted by Gasteiger charge is 2.63. The second kappa shape index (κ2) is 16.3. The molecule has 1 N–H and O–H groups in total.